The molecule has 0 rings (SSSR count). The van der Waals surface area contributed by atoms with Gasteiger partial charge in [0.15, 0.2) is 0 Å². The molecule has 0 fully saturated rings. The van der Waals surface area contributed by atoms with Crippen molar-refractivity contribution in [3.8, 4) is 118 Å². The first-order chi connectivity index (χ1) is 10.9. The Hall–Kier alpha value is -4.84. The molecule has 0 unspecified atom stereocenters. The van der Waals surface area contributed by atoms with Crippen LogP contribution in [0.2, 0.25) is 0 Å². The third kappa shape index (κ3) is 15.2. The fourth-order valence-corrected chi connectivity index (χ4v) is 0.562. The van der Waals surface area contributed by atoms with Crippen LogP contribution < -0.4 is 0 Å². The van der Waals surface area contributed by atoms with Crippen molar-refractivity contribution >= 4 is 0 Å². The molecule has 0 nitrogen and oxygen atoms in total. The monoisotopic (exact) mass is 264 g/mol. The van der Waals surface area contributed by atoms with E-state index >= 15 is 0 Å². The van der Waals surface area contributed by atoms with Crippen LogP contribution in [0.3, 0.4) is 0 Å². The molecular formula is C22-2. The summed E-state index contributed by atoms with van der Waals surface area (Å²) >= 11 is 0. The summed E-state index contributed by atoms with van der Waals surface area (Å²) in [4.78, 5) is 0. The van der Waals surface area contributed by atoms with Gasteiger partial charge in [0.1, 0.15) is 0 Å². The Balaban J connectivity index is 4.38. The lowest BCUT2D eigenvalue weighted by molar-refractivity contribution is 2.32. The van der Waals surface area contributed by atoms with E-state index in [0.29, 0.717) is 0 Å². The number of hydrogen-bond donors (Lipinski definition) is 0. The van der Waals surface area contributed by atoms with E-state index in [-0.39, 0.29) is 0 Å². The first kappa shape index (κ1) is 17.2. The van der Waals surface area contributed by atoms with Crippen molar-refractivity contribution < 1.29 is 0 Å². The van der Waals surface area contributed by atoms with Crippen LogP contribution in [0.4, 0.5) is 0 Å². The van der Waals surface area contributed by atoms with Gasteiger partial charge >= 0.3 is 0 Å². The zero-order valence-corrected chi connectivity index (χ0v) is 11.0. The van der Waals surface area contributed by atoms with Gasteiger partial charge in [-0.2, -0.15) is 0 Å². The maximum atomic E-state index is 6.50. The summed E-state index contributed by atoms with van der Waals surface area (Å²) in [5, 5.41) is 0. The summed E-state index contributed by atoms with van der Waals surface area (Å²) in [6.07, 6.45) is 13.0. The highest BCUT2D eigenvalue weighted by molar-refractivity contribution is 5.47. The highest BCUT2D eigenvalue weighted by atomic mass is 13.6. The van der Waals surface area contributed by atoms with Crippen LogP contribution in [0, 0.1) is 131 Å². The standard InChI is InChI=1S/C22/c1-3-5-7-9-11-13-15-17-19-21-22-20-18-16-14-12-10-8-6-4-2/q-2. The summed E-state index contributed by atoms with van der Waals surface area (Å²) in [7, 11) is 0. The van der Waals surface area contributed by atoms with Crippen molar-refractivity contribution in [2.75, 3.05) is 0 Å². The average Bonchev–Trinajstić information content (AvgIpc) is 2.54. The third-order valence-electron chi connectivity index (χ3n) is 1.19. The fourth-order valence-electron chi connectivity index (χ4n) is 0.562. The molecule has 0 aromatic heterocycles. The lowest BCUT2D eigenvalue weighted by atomic mass is 10.4. The SMILES string of the molecule is [C-]#CC#CC#CC#CC#CC#CC#CC#CC#CC#CC#[C-]. The smallest absolute Gasteiger partial charge is 0.0000000000000439 e. The van der Waals surface area contributed by atoms with Gasteiger partial charge in [-0.15, -0.1) is 11.8 Å². The van der Waals surface area contributed by atoms with Crippen molar-refractivity contribution in [3.05, 3.63) is 12.8 Å². The normalized spacial score (nSPS) is 3.73. The largest absolute Gasteiger partial charge is 0.358 e. The second-order valence-corrected chi connectivity index (χ2v) is 2.50. The molecule has 0 saturated carbocycles. The molecule has 0 aromatic rings. The third-order valence-corrected chi connectivity index (χ3v) is 1.19. The molecule has 22 heavy (non-hydrogen) atoms. The van der Waals surface area contributed by atoms with Crippen molar-refractivity contribution in [3.63, 3.8) is 0 Å². The topological polar surface area (TPSA) is 0 Å². The Morgan fingerprint density at radius 3 is 0.500 bits per heavy atom. The Morgan fingerprint density at radius 2 is 0.364 bits per heavy atom. The molecule has 0 aliphatic carbocycles. The molecule has 0 heterocycles. The number of rotatable bonds is 0. The van der Waals surface area contributed by atoms with Gasteiger partial charge < -0.3 is 12.8 Å². The molecule has 0 radical (unpaired) electrons. The minimum atomic E-state index is 1.87. The van der Waals surface area contributed by atoms with E-state index in [4.69, 9.17) is 12.8 Å². The van der Waals surface area contributed by atoms with Crippen LogP contribution in [-0.2, 0) is 0 Å². The molecule has 0 N–H and O–H groups in total. The lowest BCUT2D eigenvalue weighted by Crippen LogP contribution is -1.56. The molecule has 0 amide bonds. The first-order valence-corrected chi connectivity index (χ1v) is 5.25. The van der Waals surface area contributed by atoms with Crippen molar-refractivity contribution in [1.29, 1.82) is 0 Å². The molecule has 0 spiro atoms. The van der Waals surface area contributed by atoms with Crippen LogP contribution >= 0.6 is 0 Å². The zero-order chi connectivity index (χ0) is 16.1. The summed E-state index contributed by atoms with van der Waals surface area (Å²) in [6.45, 7) is 0. The van der Waals surface area contributed by atoms with Crippen molar-refractivity contribution in [2.45, 2.75) is 0 Å². The second kappa shape index (κ2) is 16.2. The van der Waals surface area contributed by atoms with Crippen LogP contribution in [0.5, 0.6) is 0 Å². The Bertz CT molecular complexity index is 979. The van der Waals surface area contributed by atoms with Crippen LogP contribution in [-0.4, -0.2) is 0 Å². The molecule has 0 heteroatoms. The molecule has 90 valence electrons. The summed E-state index contributed by atoms with van der Waals surface area (Å²) < 4.78 is 0. The molecular weight excluding hydrogens is 264 g/mol. The highest BCUT2D eigenvalue weighted by Gasteiger charge is 1.57. The van der Waals surface area contributed by atoms with Crippen LogP contribution in [0.15, 0.2) is 0 Å². The van der Waals surface area contributed by atoms with Gasteiger partial charge in [-0.05, 0) is 82.9 Å². The minimum Gasteiger partial charge on any atom is -0.358 e. The van der Waals surface area contributed by atoms with Gasteiger partial charge in [0.25, 0.3) is 0 Å². The Labute approximate surface area is 131 Å². The van der Waals surface area contributed by atoms with E-state index in [9.17, 15) is 0 Å². The van der Waals surface area contributed by atoms with Gasteiger partial charge in [-0.1, -0.05) is 0 Å². The van der Waals surface area contributed by atoms with Crippen molar-refractivity contribution in [1.82, 2.24) is 0 Å². The zero-order valence-electron chi connectivity index (χ0n) is 11.0. The molecule has 0 aromatic carbocycles. The van der Waals surface area contributed by atoms with E-state index in [2.05, 4.69) is 107 Å². The second-order valence-electron chi connectivity index (χ2n) is 2.50. The summed E-state index contributed by atoms with van der Waals surface area (Å²) in [5.74, 6) is 47.0. The van der Waals surface area contributed by atoms with E-state index < -0.39 is 0 Å². The predicted octanol–water partition coefficient (Wildman–Crippen LogP) is 0.197. The van der Waals surface area contributed by atoms with Gasteiger partial charge in [-0.3, -0.25) is 11.8 Å². The summed E-state index contributed by atoms with van der Waals surface area (Å²) in [5.41, 5.74) is 0. The molecule has 0 saturated heterocycles. The summed E-state index contributed by atoms with van der Waals surface area (Å²) in [6, 6.07) is 0. The Morgan fingerprint density at radius 1 is 0.227 bits per heavy atom. The van der Waals surface area contributed by atoms with E-state index in [0.717, 1.165) is 0 Å². The fraction of sp³-hybridized carbons (Fsp3) is 0. The molecule has 0 atom stereocenters. The van der Waals surface area contributed by atoms with Crippen LogP contribution in [0.1, 0.15) is 0 Å². The predicted molar refractivity (Wildman–Crippen MR) is 84.2 cm³/mol. The van der Waals surface area contributed by atoms with Gasteiger partial charge in [-0.25, -0.2) is 11.8 Å². The maximum Gasteiger partial charge on any atom is -0.0000000000000439 e. The van der Waals surface area contributed by atoms with E-state index in [1.807, 2.05) is 11.8 Å². The van der Waals surface area contributed by atoms with Gasteiger partial charge in [0.2, 0.25) is 0 Å². The first-order valence-electron chi connectivity index (χ1n) is 5.25. The molecule has 0 aliphatic heterocycles. The van der Waals surface area contributed by atoms with Gasteiger partial charge in [0, 0.05) is 0 Å². The van der Waals surface area contributed by atoms with E-state index in [1.165, 1.54) is 0 Å². The van der Waals surface area contributed by atoms with Crippen LogP contribution in [0.25, 0.3) is 0 Å². The van der Waals surface area contributed by atoms with Gasteiger partial charge in [0.05, 0.1) is 0 Å². The maximum absolute atomic E-state index is 6.50. The molecule has 0 aliphatic rings. The number of hydrogen-bond acceptors (Lipinski definition) is 0. The lowest BCUT2D eigenvalue weighted by Gasteiger charge is -1.63. The average molecular weight is 264 g/mol. The van der Waals surface area contributed by atoms with E-state index in [1.54, 1.807) is 0 Å². The van der Waals surface area contributed by atoms with Crippen molar-refractivity contribution in [2.24, 2.45) is 0 Å². The Kier molecular flexibility index (Phi) is 12.6. The quantitative estimate of drug-likeness (QED) is 0.433. The molecule has 0 bridgehead atoms. The minimum absolute atomic E-state index is 1.87. The highest BCUT2D eigenvalue weighted by Crippen LogP contribution is 1.58.